The molecule has 5 atom stereocenters. The van der Waals surface area contributed by atoms with Crippen LogP contribution < -0.4 is 0 Å². The molecule has 17 heavy (non-hydrogen) atoms. The molecule has 2 heteroatoms. The first-order chi connectivity index (χ1) is 8.29. The molecule has 0 saturated heterocycles. The molecule has 1 heterocycles. The predicted octanol–water partition coefficient (Wildman–Crippen LogP) is 5.04. The Balaban J connectivity index is 1.53. The Labute approximate surface area is 116 Å². The van der Waals surface area contributed by atoms with E-state index in [2.05, 4.69) is 35.0 Å². The minimum absolute atomic E-state index is 0.659. The summed E-state index contributed by atoms with van der Waals surface area (Å²) in [6.07, 6.45) is 5.82. The van der Waals surface area contributed by atoms with Gasteiger partial charge in [0.1, 0.15) is 0 Å². The number of hydrogen-bond donors (Lipinski definition) is 0. The van der Waals surface area contributed by atoms with Gasteiger partial charge in [0.2, 0.25) is 0 Å². The lowest BCUT2D eigenvalue weighted by Gasteiger charge is -2.13. The van der Waals surface area contributed by atoms with Crippen LogP contribution in [0.15, 0.2) is 12.1 Å². The van der Waals surface area contributed by atoms with Gasteiger partial charge in [-0.15, -0.1) is 11.3 Å². The zero-order valence-corrected chi connectivity index (χ0v) is 12.6. The first kappa shape index (κ1) is 11.0. The van der Waals surface area contributed by atoms with Gasteiger partial charge in [0, 0.05) is 9.75 Å². The van der Waals surface area contributed by atoms with Gasteiger partial charge >= 0.3 is 0 Å². The summed E-state index contributed by atoms with van der Waals surface area (Å²) in [5.41, 5.74) is 0. The number of thiophene rings is 1. The fourth-order valence-corrected chi connectivity index (χ4v) is 6.83. The van der Waals surface area contributed by atoms with Gasteiger partial charge < -0.3 is 0 Å². The zero-order valence-electron chi connectivity index (χ0n) is 10.2. The largest absolute Gasteiger partial charge is 0.144 e. The zero-order chi connectivity index (χ0) is 11.6. The second-order valence-corrected chi connectivity index (χ2v) is 8.31. The third-order valence-corrected chi connectivity index (χ3v) is 8.15. The lowest BCUT2D eigenvalue weighted by molar-refractivity contribution is 0.456. The molecule has 0 aliphatic heterocycles. The number of hydrogen-bond acceptors (Lipinski definition) is 1. The van der Waals surface area contributed by atoms with Crippen LogP contribution in [0.5, 0.6) is 0 Å². The predicted molar refractivity (Wildman–Crippen MR) is 76.7 cm³/mol. The van der Waals surface area contributed by atoms with Crippen molar-refractivity contribution in [2.75, 3.05) is 0 Å². The maximum absolute atomic E-state index is 4.00. The summed E-state index contributed by atoms with van der Waals surface area (Å²) in [6, 6.07) is 4.68. The molecule has 1 aromatic heterocycles. The molecule has 3 saturated carbocycles. The molecule has 0 radical (unpaired) electrons. The number of fused-ring (bicyclic) bond motifs is 5. The molecular weight excluding hydrogens is 292 g/mol. The first-order valence-corrected chi connectivity index (χ1v) is 8.75. The molecule has 4 rings (SSSR count). The van der Waals surface area contributed by atoms with Crippen molar-refractivity contribution < 1.29 is 0 Å². The van der Waals surface area contributed by atoms with Crippen LogP contribution in [0.25, 0.3) is 0 Å². The Bertz CT molecular complexity index is 422. The smallest absolute Gasteiger partial charge is 0.0523 e. The van der Waals surface area contributed by atoms with E-state index in [9.17, 15) is 0 Å². The van der Waals surface area contributed by atoms with Gasteiger partial charge in [0.25, 0.3) is 0 Å². The summed E-state index contributed by atoms with van der Waals surface area (Å²) >= 11 is 6.03. The van der Waals surface area contributed by atoms with Crippen LogP contribution in [0.2, 0.25) is 0 Å². The second-order valence-electron chi connectivity index (χ2n) is 6.12. The average molecular weight is 311 g/mol. The fourth-order valence-electron chi connectivity index (χ4n) is 4.71. The highest BCUT2D eigenvalue weighted by Gasteiger charge is 2.66. The monoisotopic (exact) mass is 310 g/mol. The van der Waals surface area contributed by atoms with Crippen molar-refractivity contribution in [2.24, 2.45) is 29.6 Å². The average Bonchev–Trinajstić information content (AvgIpc) is 2.79. The molecule has 3 aliphatic rings. The highest BCUT2D eigenvalue weighted by Crippen LogP contribution is 2.73. The standard InChI is InChI=1S/C15H19BrS/c1-2-10-5-6-11(17-10)15(16)14-12-8-3-4-9(7-8)13(12)14/h5-6,8-9,12-15H,2-4,7H2,1H3. The molecule has 92 valence electrons. The molecule has 0 nitrogen and oxygen atoms in total. The van der Waals surface area contributed by atoms with E-state index in [1.54, 1.807) is 16.2 Å². The summed E-state index contributed by atoms with van der Waals surface area (Å²) in [7, 11) is 0. The van der Waals surface area contributed by atoms with E-state index in [4.69, 9.17) is 0 Å². The molecule has 0 amide bonds. The van der Waals surface area contributed by atoms with E-state index in [1.165, 1.54) is 19.3 Å². The third-order valence-electron chi connectivity index (χ3n) is 5.44. The Hall–Kier alpha value is 0.180. The van der Waals surface area contributed by atoms with Crippen LogP contribution in [-0.4, -0.2) is 0 Å². The fraction of sp³-hybridized carbons (Fsp3) is 0.733. The Morgan fingerprint density at radius 2 is 2.00 bits per heavy atom. The van der Waals surface area contributed by atoms with Gasteiger partial charge in [-0.2, -0.15) is 0 Å². The number of alkyl halides is 1. The Morgan fingerprint density at radius 1 is 1.29 bits per heavy atom. The lowest BCUT2D eigenvalue weighted by atomic mass is 10.00. The van der Waals surface area contributed by atoms with Crippen LogP contribution in [-0.2, 0) is 6.42 Å². The topological polar surface area (TPSA) is 0 Å². The minimum Gasteiger partial charge on any atom is -0.144 e. The molecule has 3 aliphatic carbocycles. The molecule has 3 fully saturated rings. The third kappa shape index (κ3) is 1.53. The van der Waals surface area contributed by atoms with Gasteiger partial charge in [-0.1, -0.05) is 22.9 Å². The van der Waals surface area contributed by atoms with Crippen LogP contribution >= 0.6 is 27.3 Å². The summed E-state index contributed by atoms with van der Waals surface area (Å²) in [5, 5.41) is 0. The van der Waals surface area contributed by atoms with Crippen molar-refractivity contribution in [3.63, 3.8) is 0 Å². The second kappa shape index (κ2) is 3.84. The van der Waals surface area contributed by atoms with Crippen molar-refractivity contribution in [2.45, 2.75) is 37.4 Å². The van der Waals surface area contributed by atoms with Crippen molar-refractivity contribution in [3.8, 4) is 0 Å². The molecule has 0 N–H and O–H groups in total. The summed E-state index contributed by atoms with van der Waals surface area (Å²) in [6.45, 7) is 2.25. The molecule has 1 aromatic rings. The highest BCUT2D eigenvalue weighted by atomic mass is 79.9. The van der Waals surface area contributed by atoms with E-state index in [1.807, 2.05) is 11.3 Å². The van der Waals surface area contributed by atoms with Gasteiger partial charge in [0.15, 0.2) is 0 Å². The summed E-state index contributed by atoms with van der Waals surface area (Å²) in [4.78, 5) is 3.78. The van der Waals surface area contributed by atoms with Gasteiger partial charge in [-0.25, -0.2) is 0 Å². The molecule has 5 unspecified atom stereocenters. The maximum atomic E-state index is 4.00. The van der Waals surface area contributed by atoms with Crippen molar-refractivity contribution in [3.05, 3.63) is 21.9 Å². The van der Waals surface area contributed by atoms with Crippen LogP contribution in [0.4, 0.5) is 0 Å². The molecule has 2 bridgehead atoms. The quantitative estimate of drug-likeness (QED) is 0.686. The van der Waals surface area contributed by atoms with Crippen LogP contribution in [0, 0.1) is 29.6 Å². The van der Waals surface area contributed by atoms with Gasteiger partial charge in [-0.3, -0.25) is 0 Å². The van der Waals surface area contributed by atoms with E-state index < -0.39 is 0 Å². The molecule has 0 spiro atoms. The van der Waals surface area contributed by atoms with Gasteiger partial charge in [0.05, 0.1) is 4.83 Å². The maximum Gasteiger partial charge on any atom is 0.0523 e. The SMILES string of the molecule is CCc1ccc(C(Br)C2C3C4CCC(C4)C32)s1. The van der Waals surface area contributed by atoms with Crippen molar-refractivity contribution >= 4 is 27.3 Å². The van der Waals surface area contributed by atoms with Crippen molar-refractivity contribution in [1.82, 2.24) is 0 Å². The van der Waals surface area contributed by atoms with Crippen LogP contribution in [0.1, 0.15) is 40.8 Å². The Morgan fingerprint density at radius 3 is 2.59 bits per heavy atom. The van der Waals surface area contributed by atoms with E-state index in [0.29, 0.717) is 4.83 Å². The molecule has 0 aromatic carbocycles. The van der Waals surface area contributed by atoms with E-state index in [-0.39, 0.29) is 0 Å². The molecular formula is C15H19BrS. The number of rotatable bonds is 3. The summed E-state index contributed by atoms with van der Waals surface area (Å²) in [5.74, 6) is 5.35. The Kier molecular flexibility index (Phi) is 2.49. The van der Waals surface area contributed by atoms with E-state index >= 15 is 0 Å². The van der Waals surface area contributed by atoms with Crippen LogP contribution in [0.3, 0.4) is 0 Å². The normalized spacial score (nSPS) is 43.8. The first-order valence-electron chi connectivity index (χ1n) is 7.02. The minimum atomic E-state index is 0.659. The summed E-state index contributed by atoms with van der Waals surface area (Å²) < 4.78 is 0. The van der Waals surface area contributed by atoms with Crippen molar-refractivity contribution in [1.29, 1.82) is 0 Å². The number of halogens is 1. The lowest BCUT2D eigenvalue weighted by Crippen LogP contribution is -2.02. The highest BCUT2D eigenvalue weighted by molar-refractivity contribution is 9.09. The number of aryl methyl sites for hydroxylation is 1. The van der Waals surface area contributed by atoms with Gasteiger partial charge in [-0.05, 0) is 67.4 Å². The van der Waals surface area contributed by atoms with E-state index in [0.717, 1.165) is 29.6 Å².